The zero-order valence-corrected chi connectivity index (χ0v) is 11.5. The number of nitro benzene ring substituents is 1. The van der Waals surface area contributed by atoms with Gasteiger partial charge in [0, 0.05) is 24.4 Å². The lowest BCUT2D eigenvalue weighted by Crippen LogP contribution is -2.19. The first-order valence-corrected chi connectivity index (χ1v) is 6.78. The van der Waals surface area contributed by atoms with Crippen molar-refractivity contribution in [3.05, 3.63) is 51.6 Å². The molecule has 21 heavy (non-hydrogen) atoms. The molecule has 1 N–H and O–H groups in total. The molecule has 1 unspecified atom stereocenters. The molecule has 1 atom stereocenters. The van der Waals surface area contributed by atoms with Gasteiger partial charge < -0.3 is 5.32 Å². The molecular formula is C14H15FN4O2. The van der Waals surface area contributed by atoms with Crippen LogP contribution in [0.25, 0.3) is 0 Å². The van der Waals surface area contributed by atoms with Crippen LogP contribution >= 0.6 is 0 Å². The average Bonchev–Trinajstić information content (AvgIpc) is 2.84. The molecule has 0 aliphatic heterocycles. The van der Waals surface area contributed by atoms with E-state index in [4.69, 9.17) is 0 Å². The summed E-state index contributed by atoms with van der Waals surface area (Å²) in [5.41, 5.74) is 1.79. The fourth-order valence-electron chi connectivity index (χ4n) is 2.84. The van der Waals surface area contributed by atoms with Gasteiger partial charge in [0.25, 0.3) is 5.69 Å². The summed E-state index contributed by atoms with van der Waals surface area (Å²) in [6.07, 6.45) is 4.40. The molecule has 0 radical (unpaired) electrons. The first-order chi connectivity index (χ1) is 10.1. The molecule has 2 aromatic rings. The van der Waals surface area contributed by atoms with E-state index in [9.17, 15) is 14.5 Å². The Kier molecular flexibility index (Phi) is 3.32. The molecule has 110 valence electrons. The summed E-state index contributed by atoms with van der Waals surface area (Å²) in [7, 11) is 1.87. The zero-order valence-electron chi connectivity index (χ0n) is 11.5. The molecular weight excluding hydrogens is 275 g/mol. The fraction of sp³-hybridized carbons (Fsp3) is 0.357. The summed E-state index contributed by atoms with van der Waals surface area (Å²) in [4.78, 5) is 10.5. The second kappa shape index (κ2) is 5.16. The molecule has 1 aliphatic carbocycles. The van der Waals surface area contributed by atoms with Crippen molar-refractivity contribution in [2.45, 2.75) is 25.3 Å². The fourth-order valence-corrected chi connectivity index (χ4v) is 2.84. The Bertz CT molecular complexity index is 698. The molecule has 1 aromatic heterocycles. The lowest BCUT2D eigenvalue weighted by Gasteiger charge is -2.24. The van der Waals surface area contributed by atoms with Crippen LogP contribution in [0.15, 0.2) is 24.4 Å². The van der Waals surface area contributed by atoms with E-state index >= 15 is 0 Å². The lowest BCUT2D eigenvalue weighted by molar-refractivity contribution is -0.384. The Labute approximate surface area is 120 Å². The van der Waals surface area contributed by atoms with Gasteiger partial charge in [0.15, 0.2) is 5.82 Å². The highest BCUT2D eigenvalue weighted by molar-refractivity contribution is 5.63. The first kappa shape index (κ1) is 13.5. The van der Waals surface area contributed by atoms with Crippen molar-refractivity contribution in [1.82, 2.24) is 9.78 Å². The smallest absolute Gasteiger partial charge is 0.295 e. The molecule has 0 fully saturated rings. The summed E-state index contributed by atoms with van der Waals surface area (Å²) in [6.45, 7) is 0. The maximum atomic E-state index is 14.0. The summed E-state index contributed by atoms with van der Waals surface area (Å²) in [5.74, 6) is -0.611. The van der Waals surface area contributed by atoms with Crippen LogP contribution in [0.2, 0.25) is 0 Å². The largest absolute Gasteiger partial charge is 0.370 e. The maximum absolute atomic E-state index is 14.0. The van der Waals surface area contributed by atoms with E-state index in [0.717, 1.165) is 30.5 Å². The van der Waals surface area contributed by atoms with Crippen molar-refractivity contribution < 1.29 is 9.31 Å². The van der Waals surface area contributed by atoms with Crippen molar-refractivity contribution in [2.24, 2.45) is 7.05 Å². The highest BCUT2D eigenvalue weighted by atomic mass is 19.1. The minimum atomic E-state index is -0.611. The second-order valence-corrected chi connectivity index (χ2v) is 5.15. The zero-order chi connectivity index (χ0) is 15.0. The Morgan fingerprint density at radius 2 is 2.33 bits per heavy atom. The molecule has 0 bridgehead atoms. The number of nitrogens with one attached hydrogen (secondary N) is 1. The SMILES string of the molecule is Cn1ncc2c1CCCC2Nc1c(F)cccc1[N+](=O)[O-]. The van der Waals surface area contributed by atoms with Gasteiger partial charge in [-0.25, -0.2) is 4.39 Å². The molecule has 1 aliphatic rings. The molecule has 7 heteroatoms. The van der Waals surface area contributed by atoms with E-state index in [2.05, 4.69) is 10.4 Å². The summed E-state index contributed by atoms with van der Waals surface area (Å²) in [6, 6.07) is 3.72. The van der Waals surface area contributed by atoms with Crippen molar-refractivity contribution in [1.29, 1.82) is 0 Å². The van der Waals surface area contributed by atoms with Gasteiger partial charge in [-0.1, -0.05) is 6.07 Å². The second-order valence-electron chi connectivity index (χ2n) is 5.15. The third-order valence-corrected chi connectivity index (χ3v) is 3.88. The molecule has 0 saturated heterocycles. The van der Waals surface area contributed by atoms with E-state index < -0.39 is 10.7 Å². The number of nitro groups is 1. The van der Waals surface area contributed by atoms with E-state index in [1.165, 1.54) is 18.2 Å². The summed E-state index contributed by atoms with van der Waals surface area (Å²) in [5, 5.41) is 18.3. The van der Waals surface area contributed by atoms with E-state index in [1.54, 1.807) is 10.9 Å². The number of benzene rings is 1. The molecule has 0 amide bonds. The van der Waals surface area contributed by atoms with Gasteiger partial charge in [0.1, 0.15) is 5.69 Å². The molecule has 1 aromatic carbocycles. The minimum Gasteiger partial charge on any atom is -0.370 e. The monoisotopic (exact) mass is 290 g/mol. The van der Waals surface area contributed by atoms with E-state index in [1.807, 2.05) is 7.05 Å². The number of hydrogen-bond acceptors (Lipinski definition) is 4. The first-order valence-electron chi connectivity index (χ1n) is 6.78. The Balaban J connectivity index is 1.97. The minimum absolute atomic E-state index is 0.0517. The van der Waals surface area contributed by atoms with Crippen LogP contribution in [0.5, 0.6) is 0 Å². The van der Waals surface area contributed by atoms with Gasteiger partial charge in [0.2, 0.25) is 0 Å². The number of aryl methyl sites for hydroxylation is 1. The van der Waals surface area contributed by atoms with Crippen molar-refractivity contribution in [3.8, 4) is 0 Å². The van der Waals surface area contributed by atoms with Crippen molar-refractivity contribution >= 4 is 11.4 Å². The summed E-state index contributed by atoms with van der Waals surface area (Å²) < 4.78 is 15.8. The van der Waals surface area contributed by atoms with Crippen LogP contribution in [-0.4, -0.2) is 14.7 Å². The summed E-state index contributed by atoms with van der Waals surface area (Å²) >= 11 is 0. The number of halogens is 1. The normalized spacial score (nSPS) is 17.3. The standard InChI is InChI=1S/C14H15FN4O2/c1-18-12-6-3-5-11(9(12)8-16-18)17-14-10(15)4-2-7-13(14)19(20)21/h2,4,7-8,11,17H,3,5-6H2,1H3. The third-order valence-electron chi connectivity index (χ3n) is 3.88. The number of para-hydroxylation sites is 1. The molecule has 0 saturated carbocycles. The number of rotatable bonds is 3. The van der Waals surface area contributed by atoms with Crippen LogP contribution in [-0.2, 0) is 13.5 Å². The highest BCUT2D eigenvalue weighted by Crippen LogP contribution is 2.36. The Morgan fingerprint density at radius 3 is 3.10 bits per heavy atom. The molecule has 6 nitrogen and oxygen atoms in total. The van der Waals surface area contributed by atoms with E-state index in [-0.39, 0.29) is 17.4 Å². The van der Waals surface area contributed by atoms with Gasteiger partial charge in [-0.3, -0.25) is 14.8 Å². The number of aromatic nitrogens is 2. The van der Waals surface area contributed by atoms with Crippen molar-refractivity contribution in [3.63, 3.8) is 0 Å². The van der Waals surface area contributed by atoms with Gasteiger partial charge in [0.05, 0.1) is 17.2 Å². The van der Waals surface area contributed by atoms with Crippen LogP contribution in [0, 0.1) is 15.9 Å². The molecule has 1 heterocycles. The maximum Gasteiger partial charge on any atom is 0.295 e. The van der Waals surface area contributed by atoms with E-state index in [0.29, 0.717) is 0 Å². The van der Waals surface area contributed by atoms with Gasteiger partial charge >= 0.3 is 0 Å². The highest BCUT2D eigenvalue weighted by Gasteiger charge is 2.27. The van der Waals surface area contributed by atoms with Crippen molar-refractivity contribution in [2.75, 3.05) is 5.32 Å². The molecule has 0 spiro atoms. The van der Waals surface area contributed by atoms with Crippen LogP contribution in [0.4, 0.5) is 15.8 Å². The predicted molar refractivity (Wildman–Crippen MR) is 75.6 cm³/mol. The van der Waals surface area contributed by atoms with Gasteiger partial charge in [-0.2, -0.15) is 5.10 Å². The topological polar surface area (TPSA) is 73.0 Å². The van der Waals surface area contributed by atoms with Crippen LogP contribution in [0.3, 0.4) is 0 Å². The number of hydrogen-bond donors (Lipinski definition) is 1. The van der Waals surface area contributed by atoms with Crippen LogP contribution in [0.1, 0.15) is 30.1 Å². The average molecular weight is 290 g/mol. The Hall–Kier alpha value is -2.44. The number of anilines is 1. The van der Waals surface area contributed by atoms with Crippen LogP contribution < -0.4 is 5.32 Å². The molecule has 3 rings (SSSR count). The van der Waals surface area contributed by atoms with Gasteiger partial charge in [-0.15, -0.1) is 0 Å². The predicted octanol–water partition coefficient (Wildman–Crippen LogP) is 2.96. The van der Waals surface area contributed by atoms with Gasteiger partial charge in [-0.05, 0) is 25.3 Å². The quantitative estimate of drug-likeness (QED) is 0.696. The Morgan fingerprint density at radius 1 is 1.52 bits per heavy atom. The number of fused-ring (bicyclic) bond motifs is 1. The number of nitrogens with zero attached hydrogens (tertiary/aromatic N) is 3. The lowest BCUT2D eigenvalue weighted by atomic mass is 9.92. The third kappa shape index (κ3) is 2.35.